The van der Waals surface area contributed by atoms with Crippen molar-refractivity contribution in [1.82, 2.24) is 4.98 Å². The predicted octanol–water partition coefficient (Wildman–Crippen LogP) is 3.21. The van der Waals surface area contributed by atoms with E-state index in [2.05, 4.69) is 28.7 Å². The molecule has 0 aliphatic rings. The SMILES string of the molecule is Cc1cnc(NC(C)c2cccs2)c(N)c1. The first-order valence-electron chi connectivity index (χ1n) is 5.19. The number of hydrogen-bond acceptors (Lipinski definition) is 4. The van der Waals surface area contributed by atoms with Gasteiger partial charge in [0.25, 0.3) is 0 Å². The van der Waals surface area contributed by atoms with E-state index in [1.807, 2.05) is 25.3 Å². The number of nitrogens with one attached hydrogen (secondary N) is 1. The molecule has 0 aliphatic heterocycles. The molecule has 0 saturated carbocycles. The van der Waals surface area contributed by atoms with Gasteiger partial charge in [0.15, 0.2) is 0 Å². The van der Waals surface area contributed by atoms with Crippen LogP contribution in [-0.4, -0.2) is 4.98 Å². The smallest absolute Gasteiger partial charge is 0.149 e. The van der Waals surface area contributed by atoms with Gasteiger partial charge in [-0.05, 0) is 36.9 Å². The van der Waals surface area contributed by atoms with Crippen LogP contribution in [-0.2, 0) is 0 Å². The minimum atomic E-state index is 0.234. The van der Waals surface area contributed by atoms with Gasteiger partial charge in [0.1, 0.15) is 5.82 Å². The van der Waals surface area contributed by atoms with E-state index >= 15 is 0 Å². The Morgan fingerprint density at radius 1 is 1.50 bits per heavy atom. The van der Waals surface area contributed by atoms with Crippen LogP contribution in [0.25, 0.3) is 0 Å². The molecular weight excluding hydrogens is 218 g/mol. The Bertz CT molecular complexity index is 465. The van der Waals surface area contributed by atoms with Gasteiger partial charge in [-0.15, -0.1) is 11.3 Å². The fraction of sp³-hybridized carbons (Fsp3) is 0.250. The molecule has 0 saturated heterocycles. The summed E-state index contributed by atoms with van der Waals surface area (Å²) in [4.78, 5) is 5.58. The lowest BCUT2D eigenvalue weighted by Crippen LogP contribution is -2.08. The quantitative estimate of drug-likeness (QED) is 0.856. The van der Waals surface area contributed by atoms with E-state index in [9.17, 15) is 0 Å². The van der Waals surface area contributed by atoms with E-state index < -0.39 is 0 Å². The van der Waals surface area contributed by atoms with Gasteiger partial charge in [-0.3, -0.25) is 0 Å². The van der Waals surface area contributed by atoms with E-state index in [-0.39, 0.29) is 6.04 Å². The topological polar surface area (TPSA) is 50.9 Å². The fourth-order valence-corrected chi connectivity index (χ4v) is 2.26. The zero-order valence-corrected chi connectivity index (χ0v) is 10.2. The number of nitrogens with zero attached hydrogens (tertiary/aromatic N) is 1. The Hall–Kier alpha value is -1.55. The Kier molecular flexibility index (Phi) is 3.10. The second kappa shape index (κ2) is 4.53. The van der Waals surface area contributed by atoms with Crippen molar-refractivity contribution < 1.29 is 0 Å². The number of aromatic nitrogens is 1. The fourth-order valence-electron chi connectivity index (χ4n) is 1.53. The summed E-state index contributed by atoms with van der Waals surface area (Å²) in [5.74, 6) is 0.756. The highest BCUT2D eigenvalue weighted by Gasteiger charge is 2.08. The lowest BCUT2D eigenvalue weighted by Gasteiger charge is -2.14. The largest absolute Gasteiger partial charge is 0.396 e. The summed E-state index contributed by atoms with van der Waals surface area (Å²) >= 11 is 1.73. The molecule has 0 radical (unpaired) electrons. The van der Waals surface area contributed by atoms with Crippen molar-refractivity contribution in [3.8, 4) is 0 Å². The van der Waals surface area contributed by atoms with E-state index in [1.54, 1.807) is 11.3 Å². The first-order valence-corrected chi connectivity index (χ1v) is 6.07. The molecule has 0 aliphatic carbocycles. The number of aryl methyl sites for hydroxylation is 1. The van der Waals surface area contributed by atoms with Gasteiger partial charge in [0.2, 0.25) is 0 Å². The van der Waals surface area contributed by atoms with E-state index in [4.69, 9.17) is 5.73 Å². The maximum absolute atomic E-state index is 5.90. The van der Waals surface area contributed by atoms with Gasteiger partial charge in [-0.2, -0.15) is 0 Å². The van der Waals surface area contributed by atoms with Crippen LogP contribution in [0.4, 0.5) is 11.5 Å². The summed E-state index contributed by atoms with van der Waals surface area (Å²) in [6.07, 6.45) is 1.82. The van der Waals surface area contributed by atoms with Crippen LogP contribution in [0.15, 0.2) is 29.8 Å². The molecule has 3 N–H and O–H groups in total. The normalized spacial score (nSPS) is 12.4. The van der Waals surface area contributed by atoms with Crippen molar-refractivity contribution in [2.45, 2.75) is 19.9 Å². The van der Waals surface area contributed by atoms with Gasteiger partial charge in [-0.1, -0.05) is 6.07 Å². The van der Waals surface area contributed by atoms with Crippen molar-refractivity contribution in [2.24, 2.45) is 0 Å². The number of pyridine rings is 1. The summed E-state index contributed by atoms with van der Waals surface area (Å²) < 4.78 is 0. The summed E-state index contributed by atoms with van der Waals surface area (Å²) in [5, 5.41) is 5.38. The number of anilines is 2. The minimum absolute atomic E-state index is 0.234. The molecule has 0 amide bonds. The van der Waals surface area contributed by atoms with Gasteiger partial charge in [0.05, 0.1) is 11.7 Å². The van der Waals surface area contributed by atoms with Crippen LogP contribution in [0.5, 0.6) is 0 Å². The van der Waals surface area contributed by atoms with E-state index in [0.29, 0.717) is 5.69 Å². The number of rotatable bonds is 3. The van der Waals surface area contributed by atoms with Crippen molar-refractivity contribution in [3.05, 3.63) is 40.2 Å². The third kappa shape index (κ3) is 2.33. The molecule has 16 heavy (non-hydrogen) atoms. The lowest BCUT2D eigenvalue weighted by atomic mass is 10.2. The second-order valence-corrected chi connectivity index (χ2v) is 4.81. The highest BCUT2D eigenvalue weighted by atomic mass is 32.1. The zero-order chi connectivity index (χ0) is 11.5. The zero-order valence-electron chi connectivity index (χ0n) is 9.40. The molecule has 2 aromatic heterocycles. The van der Waals surface area contributed by atoms with Crippen LogP contribution < -0.4 is 11.1 Å². The van der Waals surface area contributed by atoms with Crippen molar-refractivity contribution in [2.75, 3.05) is 11.1 Å². The maximum atomic E-state index is 5.90. The van der Waals surface area contributed by atoms with Crippen molar-refractivity contribution in [1.29, 1.82) is 0 Å². The highest BCUT2D eigenvalue weighted by Crippen LogP contribution is 2.25. The molecule has 0 aromatic carbocycles. The predicted molar refractivity (Wildman–Crippen MR) is 69.7 cm³/mol. The standard InChI is InChI=1S/C12H15N3S/c1-8-6-10(13)12(14-7-8)15-9(2)11-4-3-5-16-11/h3-7,9H,13H2,1-2H3,(H,14,15). The van der Waals surface area contributed by atoms with Gasteiger partial charge in [0, 0.05) is 11.1 Å². The molecule has 2 rings (SSSR count). The molecule has 0 bridgehead atoms. The van der Waals surface area contributed by atoms with Gasteiger partial charge >= 0.3 is 0 Å². The first-order chi connectivity index (χ1) is 7.66. The van der Waals surface area contributed by atoms with E-state index in [0.717, 1.165) is 11.4 Å². The number of nitrogens with two attached hydrogens (primary N) is 1. The third-order valence-corrected chi connectivity index (χ3v) is 3.43. The Balaban J connectivity index is 2.15. The average molecular weight is 233 g/mol. The van der Waals surface area contributed by atoms with Gasteiger partial charge < -0.3 is 11.1 Å². The van der Waals surface area contributed by atoms with Crippen molar-refractivity contribution in [3.63, 3.8) is 0 Å². The molecule has 1 unspecified atom stereocenters. The average Bonchev–Trinajstić information content (AvgIpc) is 2.75. The molecule has 0 fully saturated rings. The van der Waals surface area contributed by atoms with Crippen molar-refractivity contribution >= 4 is 22.8 Å². The molecule has 3 nitrogen and oxygen atoms in total. The van der Waals surface area contributed by atoms with Crippen LogP contribution in [0, 0.1) is 6.92 Å². The minimum Gasteiger partial charge on any atom is -0.396 e. The third-order valence-electron chi connectivity index (χ3n) is 2.38. The molecule has 1 atom stereocenters. The Labute approximate surface area is 99.3 Å². The van der Waals surface area contributed by atoms with Crippen LogP contribution in [0.3, 0.4) is 0 Å². The maximum Gasteiger partial charge on any atom is 0.149 e. The van der Waals surface area contributed by atoms with Crippen LogP contribution >= 0.6 is 11.3 Å². The first kappa shape index (κ1) is 11.0. The summed E-state index contributed by atoms with van der Waals surface area (Å²) in [5.41, 5.74) is 7.67. The number of thiophene rings is 1. The van der Waals surface area contributed by atoms with E-state index in [1.165, 1.54) is 4.88 Å². The molecule has 2 heterocycles. The second-order valence-electron chi connectivity index (χ2n) is 3.83. The number of hydrogen-bond donors (Lipinski definition) is 2. The number of nitrogen functional groups attached to an aromatic ring is 1. The summed E-state index contributed by atoms with van der Waals surface area (Å²) in [6.45, 7) is 4.09. The molecular formula is C12H15N3S. The van der Waals surface area contributed by atoms with Crippen LogP contribution in [0.1, 0.15) is 23.4 Å². The monoisotopic (exact) mass is 233 g/mol. The summed E-state index contributed by atoms with van der Waals surface area (Å²) in [7, 11) is 0. The lowest BCUT2D eigenvalue weighted by molar-refractivity contribution is 0.897. The van der Waals surface area contributed by atoms with Crippen LogP contribution in [0.2, 0.25) is 0 Å². The van der Waals surface area contributed by atoms with Gasteiger partial charge in [-0.25, -0.2) is 4.98 Å². The Morgan fingerprint density at radius 3 is 2.94 bits per heavy atom. The Morgan fingerprint density at radius 2 is 2.31 bits per heavy atom. The molecule has 4 heteroatoms. The highest BCUT2D eigenvalue weighted by molar-refractivity contribution is 7.10. The summed E-state index contributed by atoms with van der Waals surface area (Å²) in [6, 6.07) is 6.31. The molecule has 84 valence electrons. The molecule has 0 spiro atoms. The molecule has 2 aromatic rings.